The molecule has 0 saturated carbocycles. The number of hydrogen-bond acceptors (Lipinski definition) is 9. The molecule has 250 valence electrons. The van der Waals surface area contributed by atoms with E-state index in [2.05, 4.69) is 31.2 Å². The first-order valence-corrected chi connectivity index (χ1v) is 16.7. The molecule has 48 heavy (non-hydrogen) atoms. The number of hydrogen-bond donors (Lipinski definition) is 5. The molecule has 0 unspecified atom stereocenters. The molecule has 11 nitrogen and oxygen atoms in total. The highest BCUT2D eigenvalue weighted by Gasteiger charge is 2.25. The van der Waals surface area contributed by atoms with Crippen LogP contribution in [0.1, 0.15) is 57.6 Å². The van der Waals surface area contributed by atoms with Gasteiger partial charge in [-0.3, -0.25) is 19.6 Å². The summed E-state index contributed by atoms with van der Waals surface area (Å²) in [6.07, 6.45) is 7.56. The maximum Gasteiger partial charge on any atom is 0.274 e. The van der Waals surface area contributed by atoms with E-state index in [1.807, 2.05) is 43.3 Å². The van der Waals surface area contributed by atoms with Crippen LogP contribution in [0.3, 0.4) is 0 Å². The van der Waals surface area contributed by atoms with Crippen LogP contribution in [0, 0.1) is 6.92 Å². The van der Waals surface area contributed by atoms with Crippen LogP contribution in [0.15, 0.2) is 48.8 Å². The van der Waals surface area contributed by atoms with Gasteiger partial charge in [0.2, 0.25) is 11.8 Å². The first kappa shape index (κ1) is 33.5. The van der Waals surface area contributed by atoms with E-state index in [0.29, 0.717) is 71.8 Å². The first-order chi connectivity index (χ1) is 23.4. The van der Waals surface area contributed by atoms with E-state index in [0.717, 1.165) is 53.5 Å². The molecule has 4 aromatic rings. The molecule has 2 amide bonds. The van der Waals surface area contributed by atoms with Gasteiger partial charge in [-0.25, -0.2) is 4.98 Å². The minimum absolute atomic E-state index is 0.0705. The van der Waals surface area contributed by atoms with Crippen LogP contribution in [-0.2, 0) is 30.7 Å². The van der Waals surface area contributed by atoms with Crippen molar-refractivity contribution in [2.45, 2.75) is 58.2 Å². The topological polar surface area (TPSA) is 150 Å². The van der Waals surface area contributed by atoms with Gasteiger partial charge >= 0.3 is 0 Å². The average Bonchev–Trinajstić information content (AvgIpc) is 3.76. The highest BCUT2D eigenvalue weighted by atomic mass is 35.5. The molecule has 3 aromatic heterocycles. The molecule has 5 N–H and O–H groups in total. The Morgan fingerprint density at radius 3 is 2.67 bits per heavy atom. The van der Waals surface area contributed by atoms with Crippen molar-refractivity contribution in [3.05, 3.63) is 87.3 Å². The summed E-state index contributed by atoms with van der Waals surface area (Å²) < 4.78 is 5.63. The Kier molecular flexibility index (Phi) is 10.6. The summed E-state index contributed by atoms with van der Waals surface area (Å²) in [5.41, 5.74) is 8.76. The number of anilines is 1. The van der Waals surface area contributed by atoms with Crippen LogP contribution in [0.5, 0.6) is 5.88 Å². The van der Waals surface area contributed by atoms with E-state index in [9.17, 15) is 9.59 Å². The van der Waals surface area contributed by atoms with E-state index in [-0.39, 0.29) is 24.5 Å². The lowest BCUT2D eigenvalue weighted by molar-refractivity contribution is -0.119. The van der Waals surface area contributed by atoms with Crippen molar-refractivity contribution in [3.8, 4) is 28.4 Å². The number of aromatic nitrogens is 3. The Bertz CT molecular complexity index is 1830. The van der Waals surface area contributed by atoms with Gasteiger partial charge in [0.05, 0.1) is 30.1 Å². The first-order valence-electron chi connectivity index (χ1n) is 16.3. The van der Waals surface area contributed by atoms with E-state index in [1.54, 1.807) is 19.5 Å². The molecular weight excluding hydrogens is 630 g/mol. The number of nitrogens with zero attached hydrogens (tertiary/aromatic N) is 3. The maximum atomic E-state index is 13.6. The fourth-order valence-electron chi connectivity index (χ4n) is 6.49. The van der Waals surface area contributed by atoms with E-state index >= 15 is 0 Å². The van der Waals surface area contributed by atoms with Crippen molar-refractivity contribution in [3.63, 3.8) is 0 Å². The third-order valence-electron chi connectivity index (χ3n) is 8.99. The molecule has 0 bridgehead atoms. The second-order valence-corrected chi connectivity index (χ2v) is 12.5. The summed E-state index contributed by atoms with van der Waals surface area (Å²) in [4.78, 5) is 39.0. The summed E-state index contributed by atoms with van der Waals surface area (Å²) >= 11 is 7.02. The molecule has 6 rings (SSSR count). The average molecular weight is 670 g/mol. The summed E-state index contributed by atoms with van der Waals surface area (Å²) in [5.74, 6) is 0.326. The van der Waals surface area contributed by atoms with Crippen molar-refractivity contribution in [1.82, 2.24) is 30.9 Å². The summed E-state index contributed by atoms with van der Waals surface area (Å²) in [6.45, 7) is 4.33. The summed E-state index contributed by atoms with van der Waals surface area (Å²) in [7, 11) is 1.59. The molecule has 0 spiro atoms. The number of ether oxygens (including phenoxy) is 1. The Balaban J connectivity index is 1.21. The number of carbonyl (C=O) groups is 2. The zero-order valence-corrected chi connectivity index (χ0v) is 27.9. The Morgan fingerprint density at radius 1 is 1.04 bits per heavy atom. The number of methoxy groups -OCH3 is 1. The second kappa shape index (κ2) is 15.2. The van der Waals surface area contributed by atoms with Gasteiger partial charge in [-0.1, -0.05) is 29.8 Å². The Labute approximate surface area is 284 Å². The number of halogens is 1. The Morgan fingerprint density at radius 2 is 1.88 bits per heavy atom. The molecule has 1 aromatic carbocycles. The van der Waals surface area contributed by atoms with Crippen LogP contribution in [0.2, 0.25) is 5.02 Å². The zero-order valence-electron chi connectivity index (χ0n) is 27.2. The van der Waals surface area contributed by atoms with E-state index in [4.69, 9.17) is 26.4 Å². The lowest BCUT2D eigenvalue weighted by Gasteiger charge is -2.16. The van der Waals surface area contributed by atoms with E-state index in [1.165, 1.54) is 5.56 Å². The standard InChI is InChI=1S/C36H40ClN7O4/c1-21-25(5-4-8-29(21)43-35(47)34-27-7-3-6-26(27)23(19-41-34)18-38-15-16-45)33-32(37)28(13-14-40-33)30-11-9-22(36(44-30)48-2)17-39-20-24-10-12-31(46)42-24/h4-5,8-9,11,13-14,19,24,38-39,45H,3,6-7,10,12,15-18,20H2,1-2H3,(H,42,46)(H,43,47)/t24-/m0/s1. The minimum Gasteiger partial charge on any atom is -0.481 e. The van der Waals surface area contributed by atoms with Gasteiger partial charge < -0.3 is 31.1 Å². The number of fused-ring (bicyclic) bond motifs is 1. The molecular formula is C36H40ClN7O4. The summed E-state index contributed by atoms with van der Waals surface area (Å²) in [6, 6.07) is 11.5. The van der Waals surface area contributed by atoms with Gasteiger partial charge in [0.1, 0.15) is 5.69 Å². The van der Waals surface area contributed by atoms with Crippen molar-refractivity contribution < 1.29 is 19.4 Å². The van der Waals surface area contributed by atoms with Gasteiger partial charge in [0.25, 0.3) is 5.91 Å². The number of amides is 2. The number of benzene rings is 1. The number of nitrogens with one attached hydrogen (secondary N) is 4. The highest BCUT2D eigenvalue weighted by Crippen LogP contribution is 2.38. The second-order valence-electron chi connectivity index (χ2n) is 12.1. The van der Waals surface area contributed by atoms with Gasteiger partial charge in [-0.15, -0.1) is 0 Å². The predicted molar refractivity (Wildman–Crippen MR) is 185 cm³/mol. The molecule has 1 fully saturated rings. The number of rotatable bonds is 13. The third kappa shape index (κ3) is 7.19. The maximum absolute atomic E-state index is 13.6. The fourth-order valence-corrected chi connectivity index (χ4v) is 6.80. The number of carbonyl (C=O) groups excluding carboxylic acids is 2. The van der Waals surface area contributed by atoms with Crippen molar-refractivity contribution in [2.24, 2.45) is 0 Å². The zero-order chi connectivity index (χ0) is 33.6. The molecule has 1 atom stereocenters. The number of pyridine rings is 3. The van der Waals surface area contributed by atoms with Crippen molar-refractivity contribution in [1.29, 1.82) is 0 Å². The van der Waals surface area contributed by atoms with Gasteiger partial charge in [0.15, 0.2) is 0 Å². The lowest BCUT2D eigenvalue weighted by Crippen LogP contribution is -2.35. The fraction of sp³-hybridized carbons (Fsp3) is 0.361. The van der Waals surface area contributed by atoms with Crippen LogP contribution < -0.4 is 26.0 Å². The Hall–Kier alpha value is -4.42. The minimum atomic E-state index is -0.255. The molecule has 1 saturated heterocycles. The number of aliphatic hydroxyl groups excluding tert-OH is 1. The quantitative estimate of drug-likeness (QED) is 0.131. The van der Waals surface area contributed by atoms with Crippen molar-refractivity contribution >= 4 is 29.1 Å². The highest BCUT2D eigenvalue weighted by molar-refractivity contribution is 6.35. The van der Waals surface area contributed by atoms with E-state index < -0.39 is 0 Å². The monoisotopic (exact) mass is 669 g/mol. The largest absolute Gasteiger partial charge is 0.481 e. The molecule has 1 aliphatic heterocycles. The van der Waals surface area contributed by atoms with Crippen LogP contribution >= 0.6 is 11.6 Å². The smallest absolute Gasteiger partial charge is 0.274 e. The summed E-state index contributed by atoms with van der Waals surface area (Å²) in [5, 5.41) is 22.2. The molecule has 12 heteroatoms. The molecule has 0 radical (unpaired) electrons. The van der Waals surface area contributed by atoms with Crippen LogP contribution in [0.25, 0.3) is 22.5 Å². The van der Waals surface area contributed by atoms with Crippen LogP contribution in [-0.4, -0.2) is 64.7 Å². The van der Waals surface area contributed by atoms with Crippen molar-refractivity contribution in [2.75, 3.05) is 32.1 Å². The SMILES string of the molecule is COc1nc(-c2ccnc(-c3cccc(NC(=O)c4ncc(CNCCO)c5c4CCC5)c3C)c2Cl)ccc1CNC[C@@H]1CCC(=O)N1. The molecule has 1 aliphatic carbocycles. The van der Waals surface area contributed by atoms with Gasteiger partial charge in [-0.2, -0.15) is 0 Å². The normalized spacial score (nSPS) is 15.3. The predicted octanol–water partition coefficient (Wildman–Crippen LogP) is 4.37. The van der Waals surface area contributed by atoms with Gasteiger partial charge in [-0.05, 0) is 73.1 Å². The lowest BCUT2D eigenvalue weighted by atomic mass is 10.00. The van der Waals surface area contributed by atoms with Crippen LogP contribution in [0.4, 0.5) is 5.69 Å². The molecule has 4 heterocycles. The molecule has 2 aliphatic rings. The number of aliphatic hydroxyl groups is 1. The van der Waals surface area contributed by atoms with Gasteiger partial charge in [0, 0.05) is 73.4 Å². The third-order valence-corrected chi connectivity index (χ3v) is 9.37.